The molecule has 1 aliphatic rings. The summed E-state index contributed by atoms with van der Waals surface area (Å²) in [6.07, 6.45) is 7.07. The number of aryl methyl sites for hydroxylation is 3. The number of benzene rings is 1. The van der Waals surface area contributed by atoms with Gasteiger partial charge in [0.1, 0.15) is 5.82 Å². The zero-order valence-corrected chi connectivity index (χ0v) is 18.5. The molecule has 0 spiro atoms. The number of carbonyl (C=O) groups excluding carboxylic acids is 1. The molecule has 4 rings (SSSR count). The van der Waals surface area contributed by atoms with Gasteiger partial charge in [0.2, 0.25) is 5.91 Å². The second-order valence-electron chi connectivity index (χ2n) is 8.34. The van der Waals surface area contributed by atoms with Crippen molar-refractivity contribution in [3.63, 3.8) is 0 Å². The Morgan fingerprint density at radius 2 is 1.97 bits per heavy atom. The van der Waals surface area contributed by atoms with E-state index in [0.29, 0.717) is 5.56 Å². The van der Waals surface area contributed by atoms with Gasteiger partial charge < -0.3 is 15.7 Å². The first-order valence-corrected chi connectivity index (χ1v) is 11.3. The normalized spacial score (nSPS) is 13.5. The molecule has 0 bridgehead atoms. The first-order valence-electron chi connectivity index (χ1n) is 11.3. The Morgan fingerprint density at radius 1 is 1.09 bits per heavy atom. The third-order valence-corrected chi connectivity index (χ3v) is 5.78. The summed E-state index contributed by atoms with van der Waals surface area (Å²) < 4.78 is 0. The van der Waals surface area contributed by atoms with Gasteiger partial charge in [-0.25, -0.2) is 4.98 Å². The Balaban J connectivity index is 1.36. The maximum absolute atomic E-state index is 12.7. The molecule has 1 aliphatic heterocycles. The van der Waals surface area contributed by atoms with E-state index < -0.39 is 12.0 Å². The molecule has 0 radical (unpaired) electrons. The van der Waals surface area contributed by atoms with E-state index in [-0.39, 0.29) is 18.7 Å². The highest BCUT2D eigenvalue weighted by molar-refractivity contribution is 5.80. The van der Waals surface area contributed by atoms with Gasteiger partial charge in [-0.1, -0.05) is 36.4 Å². The van der Waals surface area contributed by atoms with Crippen molar-refractivity contribution in [3.8, 4) is 0 Å². The maximum atomic E-state index is 12.7. The van der Waals surface area contributed by atoms with Crippen molar-refractivity contribution >= 4 is 17.7 Å². The van der Waals surface area contributed by atoms with Crippen LogP contribution in [-0.2, 0) is 35.3 Å². The van der Waals surface area contributed by atoms with Crippen LogP contribution in [0.25, 0.3) is 0 Å². The molecule has 3 aromatic rings. The third kappa shape index (κ3) is 6.38. The number of hydrogen-bond acceptors (Lipinski definition) is 5. The summed E-state index contributed by atoms with van der Waals surface area (Å²) in [5.74, 6) is -0.185. The molecule has 170 valence electrons. The summed E-state index contributed by atoms with van der Waals surface area (Å²) in [6.45, 7) is 0.974. The lowest BCUT2D eigenvalue weighted by molar-refractivity contribution is -0.137. The van der Waals surface area contributed by atoms with E-state index in [4.69, 9.17) is 4.98 Å². The molecule has 1 aromatic carbocycles. The number of hydrogen-bond donors (Lipinski definition) is 3. The Kier molecular flexibility index (Phi) is 7.29. The number of pyridine rings is 2. The minimum absolute atomic E-state index is 0.186. The number of carbonyl (C=O) groups is 2. The topological polar surface area (TPSA) is 104 Å². The highest BCUT2D eigenvalue weighted by Crippen LogP contribution is 2.21. The summed E-state index contributed by atoms with van der Waals surface area (Å²) >= 11 is 0. The van der Waals surface area contributed by atoms with Crippen molar-refractivity contribution in [3.05, 3.63) is 88.9 Å². The van der Waals surface area contributed by atoms with E-state index in [2.05, 4.69) is 33.8 Å². The first kappa shape index (κ1) is 22.5. The number of amides is 1. The number of aromatic nitrogens is 2. The van der Waals surface area contributed by atoms with Crippen LogP contribution in [0.15, 0.2) is 60.9 Å². The fourth-order valence-electron chi connectivity index (χ4n) is 4.12. The SMILES string of the molecule is O=C(O)C[C@H](NC(=O)Cc1cccc(CCc2ccc3c(n2)NCCC3)c1)c1cccnc1. The molecule has 0 aliphatic carbocycles. The van der Waals surface area contributed by atoms with E-state index in [9.17, 15) is 14.7 Å². The maximum Gasteiger partial charge on any atom is 0.305 e. The number of nitrogens with one attached hydrogen (secondary N) is 2. The molecule has 0 unspecified atom stereocenters. The van der Waals surface area contributed by atoms with Crippen molar-refractivity contribution in [1.82, 2.24) is 15.3 Å². The molecule has 0 fully saturated rings. The average Bonchev–Trinajstić information content (AvgIpc) is 2.83. The van der Waals surface area contributed by atoms with Crippen molar-refractivity contribution in [2.45, 2.75) is 44.6 Å². The summed E-state index contributed by atoms with van der Waals surface area (Å²) in [6, 6.07) is 15.1. The zero-order chi connectivity index (χ0) is 23.0. The van der Waals surface area contributed by atoms with E-state index in [0.717, 1.165) is 54.9 Å². The highest BCUT2D eigenvalue weighted by atomic mass is 16.4. The quantitative estimate of drug-likeness (QED) is 0.467. The number of anilines is 1. The largest absolute Gasteiger partial charge is 0.481 e. The van der Waals surface area contributed by atoms with Crippen LogP contribution in [0, 0.1) is 0 Å². The number of carboxylic acids is 1. The summed E-state index contributed by atoms with van der Waals surface area (Å²) in [4.78, 5) is 32.7. The molecule has 3 N–H and O–H groups in total. The Bertz CT molecular complexity index is 1120. The average molecular weight is 445 g/mol. The van der Waals surface area contributed by atoms with Crippen molar-refractivity contribution < 1.29 is 14.7 Å². The Hall–Kier alpha value is -3.74. The molecule has 3 heterocycles. The van der Waals surface area contributed by atoms with Gasteiger partial charge >= 0.3 is 5.97 Å². The summed E-state index contributed by atoms with van der Waals surface area (Å²) in [5.41, 5.74) is 5.05. The number of fused-ring (bicyclic) bond motifs is 1. The van der Waals surface area contributed by atoms with Gasteiger partial charge in [-0.3, -0.25) is 14.6 Å². The molecule has 2 aromatic heterocycles. The summed E-state index contributed by atoms with van der Waals surface area (Å²) in [5, 5.41) is 15.4. The molecule has 7 heteroatoms. The molecule has 33 heavy (non-hydrogen) atoms. The first-order chi connectivity index (χ1) is 16.1. The van der Waals surface area contributed by atoms with Gasteiger partial charge in [0.25, 0.3) is 0 Å². The molecule has 0 saturated carbocycles. The number of carboxylic acid groups (broad SMARTS) is 1. The van der Waals surface area contributed by atoms with Gasteiger partial charge in [-0.05, 0) is 60.1 Å². The van der Waals surface area contributed by atoms with Crippen LogP contribution < -0.4 is 10.6 Å². The van der Waals surface area contributed by atoms with Gasteiger partial charge in [0.05, 0.1) is 18.9 Å². The Morgan fingerprint density at radius 3 is 2.79 bits per heavy atom. The zero-order valence-electron chi connectivity index (χ0n) is 18.5. The van der Waals surface area contributed by atoms with Crippen LogP contribution in [0.2, 0.25) is 0 Å². The predicted molar refractivity (Wildman–Crippen MR) is 126 cm³/mol. The molecular weight excluding hydrogens is 416 g/mol. The smallest absolute Gasteiger partial charge is 0.305 e. The van der Waals surface area contributed by atoms with Crippen molar-refractivity contribution in [2.75, 3.05) is 11.9 Å². The lowest BCUT2D eigenvalue weighted by Crippen LogP contribution is -2.31. The van der Waals surface area contributed by atoms with E-state index in [1.54, 1.807) is 24.5 Å². The summed E-state index contributed by atoms with van der Waals surface area (Å²) in [7, 11) is 0. The molecule has 1 amide bonds. The van der Waals surface area contributed by atoms with E-state index in [1.165, 1.54) is 5.56 Å². The Labute approximate surface area is 193 Å². The number of nitrogens with zero attached hydrogens (tertiary/aromatic N) is 2. The van der Waals surface area contributed by atoms with Gasteiger partial charge in [-0.2, -0.15) is 0 Å². The predicted octanol–water partition coefficient (Wildman–Crippen LogP) is 3.49. The van der Waals surface area contributed by atoms with E-state index >= 15 is 0 Å². The lowest BCUT2D eigenvalue weighted by atomic mass is 10.0. The minimum atomic E-state index is -0.975. The second-order valence-corrected chi connectivity index (χ2v) is 8.34. The third-order valence-electron chi connectivity index (χ3n) is 5.78. The fraction of sp³-hybridized carbons (Fsp3) is 0.308. The highest BCUT2D eigenvalue weighted by Gasteiger charge is 2.18. The minimum Gasteiger partial charge on any atom is -0.481 e. The molecule has 7 nitrogen and oxygen atoms in total. The van der Waals surface area contributed by atoms with E-state index in [1.807, 2.05) is 18.2 Å². The fourth-order valence-corrected chi connectivity index (χ4v) is 4.12. The van der Waals surface area contributed by atoms with Crippen molar-refractivity contribution in [2.24, 2.45) is 0 Å². The second kappa shape index (κ2) is 10.7. The van der Waals surface area contributed by atoms with Crippen LogP contribution in [0.4, 0.5) is 5.82 Å². The van der Waals surface area contributed by atoms with Gasteiger partial charge in [0, 0.05) is 24.6 Å². The molecule has 0 saturated heterocycles. The van der Waals surface area contributed by atoms with Crippen LogP contribution in [-0.4, -0.2) is 33.5 Å². The van der Waals surface area contributed by atoms with Crippen LogP contribution >= 0.6 is 0 Å². The van der Waals surface area contributed by atoms with Crippen LogP contribution in [0.5, 0.6) is 0 Å². The standard InChI is InChI=1S/C26H28N4O3/c31-24(30-23(16-25(32)33)21-7-2-12-27-17-21)15-19-5-1-4-18(14-19)8-10-22-11-9-20-6-3-13-28-26(20)29-22/h1-2,4-5,7,9,11-12,14,17,23H,3,6,8,10,13,15-16H2,(H,28,29)(H,30,31)(H,32,33)/t23-/m0/s1. The molecular formula is C26H28N4O3. The van der Waals surface area contributed by atoms with Crippen molar-refractivity contribution in [1.29, 1.82) is 0 Å². The monoisotopic (exact) mass is 444 g/mol. The number of rotatable bonds is 9. The van der Waals surface area contributed by atoms with Crippen LogP contribution in [0.1, 0.15) is 46.8 Å². The van der Waals surface area contributed by atoms with Gasteiger partial charge in [-0.15, -0.1) is 0 Å². The number of aliphatic carboxylic acids is 1. The van der Waals surface area contributed by atoms with Crippen LogP contribution in [0.3, 0.4) is 0 Å². The van der Waals surface area contributed by atoms with Gasteiger partial charge in [0.15, 0.2) is 0 Å². The lowest BCUT2D eigenvalue weighted by Gasteiger charge is -2.17. The molecule has 1 atom stereocenters.